The lowest BCUT2D eigenvalue weighted by molar-refractivity contribution is 1.19. The Morgan fingerprint density at radius 3 is 1.14 bits per heavy atom. The number of para-hydroxylation sites is 4. The van der Waals surface area contributed by atoms with E-state index in [1.807, 2.05) is 0 Å². The zero-order chi connectivity index (χ0) is 36.7. The Morgan fingerprint density at radius 1 is 0.232 bits per heavy atom. The second kappa shape index (κ2) is 12.0. The van der Waals surface area contributed by atoms with Crippen LogP contribution in [0.5, 0.6) is 0 Å². The number of hydrogen-bond donors (Lipinski definition) is 0. The van der Waals surface area contributed by atoms with Gasteiger partial charge in [0.2, 0.25) is 0 Å². The van der Waals surface area contributed by atoms with Gasteiger partial charge in [0, 0.05) is 48.8 Å². The van der Waals surface area contributed by atoms with Crippen molar-refractivity contribution < 1.29 is 0 Å². The zero-order valence-corrected chi connectivity index (χ0v) is 30.5. The average Bonchev–Trinajstić information content (AvgIpc) is 3.81. The van der Waals surface area contributed by atoms with Crippen molar-refractivity contribution in [3.05, 3.63) is 206 Å². The van der Waals surface area contributed by atoms with Gasteiger partial charge in [0.1, 0.15) is 0 Å². The standard InChI is InChI=1S/C54H34N2/c1-3-19-35(20-4-1)37-23-11-15-31-45(37)55-48-34-18-14-30-44(48)52-50-40-26-8-7-25-39(40)49-43-29-13-17-33-47(43)56(46-32-16-12-24-38(46)36-21-5-2-6-22-36)54(49)51(50)41-27-9-10-28-42(41)53(52)55/h1-34H. The molecule has 0 unspecified atom stereocenters. The van der Waals surface area contributed by atoms with Gasteiger partial charge < -0.3 is 9.13 Å². The van der Waals surface area contributed by atoms with Crippen LogP contribution in [0.25, 0.3) is 110 Å². The number of benzene rings is 10. The highest BCUT2D eigenvalue weighted by molar-refractivity contribution is 6.44. The Morgan fingerprint density at radius 2 is 0.589 bits per heavy atom. The number of fused-ring (bicyclic) bond motifs is 15. The van der Waals surface area contributed by atoms with Gasteiger partial charge in [-0.3, -0.25) is 0 Å². The normalized spacial score (nSPS) is 11.9. The van der Waals surface area contributed by atoms with E-state index in [1.54, 1.807) is 0 Å². The van der Waals surface area contributed by atoms with E-state index in [-0.39, 0.29) is 0 Å². The van der Waals surface area contributed by atoms with E-state index in [9.17, 15) is 0 Å². The van der Waals surface area contributed by atoms with Crippen molar-refractivity contribution in [3.63, 3.8) is 0 Å². The van der Waals surface area contributed by atoms with Gasteiger partial charge in [0.15, 0.2) is 0 Å². The highest BCUT2D eigenvalue weighted by atomic mass is 15.0. The van der Waals surface area contributed by atoms with E-state index in [2.05, 4.69) is 215 Å². The third-order valence-corrected chi connectivity index (χ3v) is 11.9. The quantitative estimate of drug-likeness (QED) is 0.161. The maximum Gasteiger partial charge on any atom is 0.0632 e. The fraction of sp³-hybridized carbons (Fsp3) is 0. The molecule has 2 aromatic heterocycles. The molecular formula is C54H34N2. The van der Waals surface area contributed by atoms with Crippen LogP contribution in [0.1, 0.15) is 0 Å². The maximum atomic E-state index is 2.56. The van der Waals surface area contributed by atoms with Crippen LogP contribution in [0.2, 0.25) is 0 Å². The molecule has 0 bridgehead atoms. The Bertz CT molecular complexity index is 3510. The van der Waals surface area contributed by atoms with E-state index >= 15 is 0 Å². The molecule has 0 aliphatic carbocycles. The predicted octanol–water partition coefficient (Wildman–Crippen LogP) is 14.7. The minimum absolute atomic E-state index is 1.17. The van der Waals surface area contributed by atoms with E-state index in [1.165, 1.54) is 110 Å². The SMILES string of the molecule is c1ccc(-c2ccccc2-n2c3ccccc3c3c4c5ccccc5c5c6ccccc6n(-c6ccccc6-c6ccccc6)c5c4c4ccccc4c32)cc1. The Balaban J connectivity index is 1.37. The Kier molecular flexibility index (Phi) is 6.66. The molecule has 56 heavy (non-hydrogen) atoms. The molecule has 0 aliphatic rings. The molecule has 0 radical (unpaired) electrons. The first-order valence-corrected chi connectivity index (χ1v) is 19.4. The highest BCUT2D eigenvalue weighted by Gasteiger charge is 2.26. The fourth-order valence-electron chi connectivity index (χ4n) is 9.66. The molecule has 0 N–H and O–H groups in total. The van der Waals surface area contributed by atoms with Crippen LogP contribution in [0.15, 0.2) is 206 Å². The van der Waals surface area contributed by atoms with Crippen LogP contribution in [-0.4, -0.2) is 9.13 Å². The summed E-state index contributed by atoms with van der Waals surface area (Å²) in [6.45, 7) is 0. The van der Waals surface area contributed by atoms with Gasteiger partial charge in [0.05, 0.1) is 33.4 Å². The summed E-state index contributed by atoms with van der Waals surface area (Å²) in [6.07, 6.45) is 0. The van der Waals surface area contributed by atoms with Crippen molar-refractivity contribution in [2.24, 2.45) is 0 Å². The van der Waals surface area contributed by atoms with Gasteiger partial charge >= 0.3 is 0 Å². The molecule has 2 heterocycles. The fourth-order valence-corrected chi connectivity index (χ4v) is 9.66. The molecule has 10 aromatic carbocycles. The lowest BCUT2D eigenvalue weighted by Crippen LogP contribution is -1.99. The van der Waals surface area contributed by atoms with Crippen LogP contribution in [0.3, 0.4) is 0 Å². The van der Waals surface area contributed by atoms with Crippen LogP contribution in [0.4, 0.5) is 0 Å². The Hall–Kier alpha value is -7.42. The number of aromatic nitrogens is 2. The van der Waals surface area contributed by atoms with Gasteiger partial charge in [-0.1, -0.05) is 182 Å². The molecule has 2 nitrogen and oxygen atoms in total. The summed E-state index contributed by atoms with van der Waals surface area (Å²) < 4.78 is 5.10. The van der Waals surface area contributed by atoms with Crippen molar-refractivity contribution in [3.8, 4) is 33.6 Å². The van der Waals surface area contributed by atoms with Crippen molar-refractivity contribution >= 4 is 75.9 Å². The molecule has 0 spiro atoms. The molecular weight excluding hydrogens is 677 g/mol. The van der Waals surface area contributed by atoms with E-state index in [4.69, 9.17) is 0 Å². The topological polar surface area (TPSA) is 9.86 Å². The summed E-state index contributed by atoms with van der Waals surface area (Å²) >= 11 is 0. The van der Waals surface area contributed by atoms with Gasteiger partial charge in [-0.2, -0.15) is 0 Å². The number of hydrogen-bond acceptors (Lipinski definition) is 0. The molecule has 260 valence electrons. The van der Waals surface area contributed by atoms with Gasteiger partial charge in [-0.25, -0.2) is 0 Å². The first kappa shape index (κ1) is 31.0. The minimum Gasteiger partial charge on any atom is -0.308 e. The lowest BCUT2D eigenvalue weighted by atomic mass is 9.90. The summed E-state index contributed by atoms with van der Waals surface area (Å²) in [5.74, 6) is 0. The summed E-state index contributed by atoms with van der Waals surface area (Å²) in [6, 6.07) is 75.6. The first-order valence-electron chi connectivity index (χ1n) is 19.4. The van der Waals surface area contributed by atoms with E-state index < -0.39 is 0 Å². The van der Waals surface area contributed by atoms with Gasteiger partial charge in [-0.05, 0) is 51.6 Å². The van der Waals surface area contributed by atoms with Crippen LogP contribution < -0.4 is 0 Å². The van der Waals surface area contributed by atoms with Crippen molar-refractivity contribution in [1.82, 2.24) is 9.13 Å². The van der Waals surface area contributed by atoms with Crippen LogP contribution >= 0.6 is 0 Å². The monoisotopic (exact) mass is 710 g/mol. The lowest BCUT2D eigenvalue weighted by Gasteiger charge is -2.19. The second-order valence-electron chi connectivity index (χ2n) is 14.8. The maximum absolute atomic E-state index is 2.56. The predicted molar refractivity (Wildman–Crippen MR) is 239 cm³/mol. The largest absolute Gasteiger partial charge is 0.308 e. The molecule has 12 rings (SSSR count). The smallest absolute Gasteiger partial charge is 0.0632 e. The molecule has 0 aliphatic heterocycles. The molecule has 0 atom stereocenters. The summed E-state index contributed by atoms with van der Waals surface area (Å²) in [7, 11) is 0. The molecule has 0 fully saturated rings. The average molecular weight is 711 g/mol. The second-order valence-corrected chi connectivity index (χ2v) is 14.8. The Labute approximate surface area is 323 Å². The molecule has 0 saturated heterocycles. The summed E-state index contributed by atoms with van der Waals surface area (Å²) in [4.78, 5) is 0. The summed E-state index contributed by atoms with van der Waals surface area (Å²) in [5.41, 5.74) is 12.0. The first-order chi connectivity index (χ1) is 27.9. The van der Waals surface area contributed by atoms with Crippen LogP contribution in [-0.2, 0) is 0 Å². The number of nitrogens with zero attached hydrogens (tertiary/aromatic N) is 2. The third-order valence-electron chi connectivity index (χ3n) is 11.9. The van der Waals surface area contributed by atoms with E-state index in [0.717, 1.165) is 0 Å². The van der Waals surface area contributed by atoms with Gasteiger partial charge in [0.25, 0.3) is 0 Å². The van der Waals surface area contributed by atoms with Crippen LogP contribution in [0, 0.1) is 0 Å². The van der Waals surface area contributed by atoms with Crippen molar-refractivity contribution in [1.29, 1.82) is 0 Å². The summed E-state index contributed by atoms with van der Waals surface area (Å²) in [5, 5.41) is 12.6. The minimum atomic E-state index is 1.17. The van der Waals surface area contributed by atoms with Gasteiger partial charge in [-0.15, -0.1) is 0 Å². The molecule has 2 heteroatoms. The molecule has 12 aromatic rings. The number of rotatable bonds is 4. The third kappa shape index (κ3) is 4.27. The van der Waals surface area contributed by atoms with Crippen molar-refractivity contribution in [2.75, 3.05) is 0 Å². The molecule has 0 saturated carbocycles. The highest BCUT2D eigenvalue weighted by Crippen LogP contribution is 2.51. The molecule has 0 amide bonds. The van der Waals surface area contributed by atoms with E-state index in [0.29, 0.717) is 0 Å². The van der Waals surface area contributed by atoms with Crippen molar-refractivity contribution in [2.45, 2.75) is 0 Å². The zero-order valence-electron chi connectivity index (χ0n) is 30.5.